The van der Waals surface area contributed by atoms with Gasteiger partial charge >= 0.3 is 0 Å². The van der Waals surface area contributed by atoms with Crippen molar-refractivity contribution in [2.45, 2.75) is 32.0 Å². The molecule has 2 fully saturated rings. The Labute approximate surface area is 93.4 Å². The summed E-state index contributed by atoms with van der Waals surface area (Å²) in [6.45, 7) is 3.51. The van der Waals surface area contributed by atoms with Crippen molar-refractivity contribution in [1.82, 2.24) is 9.97 Å². The van der Waals surface area contributed by atoms with E-state index in [4.69, 9.17) is 4.74 Å². The maximum atomic E-state index is 11.4. The fourth-order valence-corrected chi connectivity index (χ4v) is 2.53. The quantitative estimate of drug-likeness (QED) is 0.748. The third-order valence-corrected chi connectivity index (χ3v) is 3.21. The van der Waals surface area contributed by atoms with Gasteiger partial charge in [0.05, 0.1) is 12.2 Å². The van der Waals surface area contributed by atoms with Crippen LogP contribution in [0.25, 0.3) is 0 Å². The summed E-state index contributed by atoms with van der Waals surface area (Å²) in [5, 5.41) is 0. The van der Waals surface area contributed by atoms with Crippen molar-refractivity contribution in [3.8, 4) is 0 Å². The van der Waals surface area contributed by atoms with Gasteiger partial charge in [-0.2, -0.15) is 0 Å². The third-order valence-electron chi connectivity index (χ3n) is 3.21. The van der Waals surface area contributed by atoms with E-state index in [9.17, 15) is 4.79 Å². The Kier molecular flexibility index (Phi) is 2.21. The molecule has 0 saturated carbocycles. The third kappa shape index (κ3) is 1.71. The number of H-pyrrole nitrogens is 1. The summed E-state index contributed by atoms with van der Waals surface area (Å²) in [7, 11) is 0. The lowest BCUT2D eigenvalue weighted by atomic mass is 10.2. The van der Waals surface area contributed by atoms with Gasteiger partial charge in [-0.05, 0) is 19.8 Å². The van der Waals surface area contributed by atoms with Gasteiger partial charge in [0.15, 0.2) is 0 Å². The first kappa shape index (κ1) is 9.84. The molecule has 2 bridgehead atoms. The zero-order chi connectivity index (χ0) is 11.1. The van der Waals surface area contributed by atoms with E-state index in [2.05, 4.69) is 14.9 Å². The highest BCUT2D eigenvalue weighted by atomic mass is 16.5. The van der Waals surface area contributed by atoms with Gasteiger partial charge in [0.1, 0.15) is 11.6 Å². The van der Waals surface area contributed by atoms with Crippen LogP contribution in [-0.2, 0) is 4.74 Å². The van der Waals surface area contributed by atoms with E-state index in [0.29, 0.717) is 18.0 Å². The molecule has 3 heterocycles. The minimum absolute atomic E-state index is 0.0821. The van der Waals surface area contributed by atoms with E-state index >= 15 is 0 Å². The Hall–Kier alpha value is -1.36. The highest BCUT2D eigenvalue weighted by Crippen LogP contribution is 2.28. The number of nitrogens with zero attached hydrogens (tertiary/aromatic N) is 2. The highest BCUT2D eigenvalue weighted by molar-refractivity contribution is 5.38. The number of ether oxygens (including phenoxy) is 1. The first-order valence-corrected chi connectivity index (χ1v) is 5.69. The highest BCUT2D eigenvalue weighted by Gasteiger charge is 2.34. The van der Waals surface area contributed by atoms with Gasteiger partial charge in [0.2, 0.25) is 0 Å². The Morgan fingerprint density at radius 1 is 1.44 bits per heavy atom. The van der Waals surface area contributed by atoms with Crippen molar-refractivity contribution >= 4 is 5.82 Å². The lowest BCUT2D eigenvalue weighted by Crippen LogP contribution is -2.43. The molecule has 0 aromatic carbocycles. The summed E-state index contributed by atoms with van der Waals surface area (Å²) >= 11 is 0. The van der Waals surface area contributed by atoms with E-state index in [-0.39, 0.29) is 5.56 Å². The molecule has 5 nitrogen and oxygen atoms in total. The maximum Gasteiger partial charge on any atom is 0.252 e. The fraction of sp³-hybridized carbons (Fsp3) is 0.636. The molecule has 0 amide bonds. The molecule has 0 spiro atoms. The monoisotopic (exact) mass is 221 g/mol. The molecule has 0 aliphatic carbocycles. The number of rotatable bonds is 1. The Morgan fingerprint density at radius 3 is 2.75 bits per heavy atom. The van der Waals surface area contributed by atoms with Crippen LogP contribution in [0.3, 0.4) is 0 Å². The molecule has 2 atom stereocenters. The number of aromatic nitrogens is 2. The molecule has 3 rings (SSSR count). The van der Waals surface area contributed by atoms with Crippen LogP contribution in [0.4, 0.5) is 5.82 Å². The minimum Gasteiger partial charge on any atom is -0.371 e. The van der Waals surface area contributed by atoms with Gasteiger partial charge in [0.25, 0.3) is 5.56 Å². The maximum absolute atomic E-state index is 11.4. The molecule has 0 radical (unpaired) electrons. The van der Waals surface area contributed by atoms with E-state index < -0.39 is 0 Å². The zero-order valence-electron chi connectivity index (χ0n) is 9.27. The molecule has 5 heteroatoms. The summed E-state index contributed by atoms with van der Waals surface area (Å²) in [5.41, 5.74) is -0.0821. The van der Waals surface area contributed by atoms with E-state index in [1.807, 2.05) is 0 Å². The predicted molar refractivity (Wildman–Crippen MR) is 59.7 cm³/mol. The Bertz CT molecular complexity index is 445. The number of nitrogens with one attached hydrogen (secondary N) is 1. The van der Waals surface area contributed by atoms with E-state index in [1.165, 1.54) is 0 Å². The molecule has 2 aliphatic heterocycles. The number of morpholine rings is 1. The summed E-state index contributed by atoms with van der Waals surface area (Å²) in [5.74, 6) is 1.45. The molecule has 2 unspecified atom stereocenters. The van der Waals surface area contributed by atoms with Gasteiger partial charge in [-0.25, -0.2) is 4.98 Å². The number of fused-ring (bicyclic) bond motifs is 2. The first-order valence-electron chi connectivity index (χ1n) is 5.69. The van der Waals surface area contributed by atoms with Crippen LogP contribution in [0.15, 0.2) is 10.9 Å². The Balaban J connectivity index is 1.89. The second kappa shape index (κ2) is 3.59. The van der Waals surface area contributed by atoms with Crippen LogP contribution >= 0.6 is 0 Å². The number of aryl methyl sites for hydroxylation is 1. The molecule has 1 N–H and O–H groups in total. The molecule has 86 valence electrons. The van der Waals surface area contributed by atoms with Crippen LogP contribution in [0, 0.1) is 6.92 Å². The topological polar surface area (TPSA) is 58.2 Å². The normalized spacial score (nSPS) is 28.4. The van der Waals surface area contributed by atoms with Crippen molar-refractivity contribution in [3.63, 3.8) is 0 Å². The van der Waals surface area contributed by atoms with Gasteiger partial charge in [-0.1, -0.05) is 0 Å². The van der Waals surface area contributed by atoms with E-state index in [1.54, 1.807) is 13.0 Å². The van der Waals surface area contributed by atoms with Crippen molar-refractivity contribution in [1.29, 1.82) is 0 Å². The summed E-state index contributed by atoms with van der Waals surface area (Å²) in [6, 6.07) is 1.57. The van der Waals surface area contributed by atoms with E-state index in [0.717, 1.165) is 31.7 Å². The van der Waals surface area contributed by atoms with Crippen LogP contribution in [-0.4, -0.2) is 35.3 Å². The number of anilines is 1. The largest absolute Gasteiger partial charge is 0.371 e. The molecular formula is C11H15N3O2. The van der Waals surface area contributed by atoms with Crippen LogP contribution < -0.4 is 10.5 Å². The lowest BCUT2D eigenvalue weighted by Gasteiger charge is -2.32. The van der Waals surface area contributed by atoms with Crippen molar-refractivity contribution < 1.29 is 4.74 Å². The first-order chi connectivity index (χ1) is 7.70. The average molecular weight is 221 g/mol. The summed E-state index contributed by atoms with van der Waals surface area (Å²) < 4.78 is 5.75. The number of aromatic amines is 1. The van der Waals surface area contributed by atoms with Crippen LogP contribution in [0.1, 0.15) is 18.7 Å². The second-order valence-electron chi connectivity index (χ2n) is 4.55. The van der Waals surface area contributed by atoms with Gasteiger partial charge < -0.3 is 14.6 Å². The molecule has 16 heavy (non-hydrogen) atoms. The second-order valence-corrected chi connectivity index (χ2v) is 4.55. The lowest BCUT2D eigenvalue weighted by molar-refractivity contribution is 0.0302. The summed E-state index contributed by atoms with van der Waals surface area (Å²) in [4.78, 5) is 20.6. The fourth-order valence-electron chi connectivity index (χ4n) is 2.53. The van der Waals surface area contributed by atoms with Gasteiger partial charge in [-0.15, -0.1) is 0 Å². The minimum atomic E-state index is -0.0821. The van der Waals surface area contributed by atoms with Crippen LogP contribution in [0.2, 0.25) is 0 Å². The van der Waals surface area contributed by atoms with Gasteiger partial charge in [-0.3, -0.25) is 4.79 Å². The number of hydrogen-bond acceptors (Lipinski definition) is 4. The van der Waals surface area contributed by atoms with Gasteiger partial charge in [0, 0.05) is 19.2 Å². The smallest absolute Gasteiger partial charge is 0.252 e. The summed E-state index contributed by atoms with van der Waals surface area (Å²) in [6.07, 6.45) is 2.90. The SMILES string of the molecule is Cc1nc(N2CC3CCC(C2)O3)cc(=O)[nH]1. The predicted octanol–water partition coefficient (Wildman–Crippen LogP) is 0.446. The molecule has 1 aromatic heterocycles. The average Bonchev–Trinajstić information content (AvgIpc) is 2.56. The standard InChI is InChI=1S/C11H15N3O2/c1-7-12-10(4-11(15)13-7)14-5-8-2-3-9(6-14)16-8/h4,8-9H,2-3,5-6H2,1H3,(H,12,13,15). The molecule has 2 aliphatic rings. The molecule has 1 aromatic rings. The van der Waals surface area contributed by atoms with Crippen molar-refractivity contribution in [3.05, 3.63) is 22.2 Å². The molecule has 2 saturated heterocycles. The zero-order valence-corrected chi connectivity index (χ0v) is 9.27. The van der Waals surface area contributed by atoms with Crippen molar-refractivity contribution in [2.24, 2.45) is 0 Å². The number of hydrogen-bond donors (Lipinski definition) is 1. The molecular weight excluding hydrogens is 206 g/mol. The Morgan fingerprint density at radius 2 is 2.12 bits per heavy atom. The van der Waals surface area contributed by atoms with Crippen molar-refractivity contribution in [2.75, 3.05) is 18.0 Å². The van der Waals surface area contributed by atoms with Crippen LogP contribution in [0.5, 0.6) is 0 Å².